The molecule has 0 unspecified atom stereocenters. The number of carbonyl (C=O) groups excluding carboxylic acids is 2. The van der Waals surface area contributed by atoms with Gasteiger partial charge in [0.25, 0.3) is 0 Å². The van der Waals surface area contributed by atoms with Crippen LogP contribution >= 0.6 is 0 Å². The van der Waals surface area contributed by atoms with Crippen molar-refractivity contribution in [1.82, 2.24) is 0 Å². The maximum Gasteiger partial charge on any atom is 0.334 e. The summed E-state index contributed by atoms with van der Waals surface area (Å²) >= 11 is 0. The fourth-order valence-corrected chi connectivity index (χ4v) is 1.24. The lowest BCUT2D eigenvalue weighted by Gasteiger charge is -2.07. The second-order valence-corrected chi connectivity index (χ2v) is 2.94. The molecule has 0 spiro atoms. The zero-order valence-electron chi connectivity index (χ0n) is 9.10. The Morgan fingerprint density at radius 3 is 2.44 bits per heavy atom. The van der Waals surface area contributed by atoms with E-state index in [9.17, 15) is 9.59 Å². The van der Waals surface area contributed by atoms with Crippen LogP contribution in [-0.2, 0) is 14.3 Å². The van der Waals surface area contributed by atoms with Crippen molar-refractivity contribution in [2.45, 2.75) is 0 Å². The zero-order chi connectivity index (χ0) is 12.0. The highest BCUT2D eigenvalue weighted by Gasteiger charge is 2.09. The number of ether oxygens (including phenoxy) is 2. The molecule has 0 aliphatic heterocycles. The van der Waals surface area contributed by atoms with E-state index in [-0.39, 0.29) is 0 Å². The van der Waals surface area contributed by atoms with Crippen molar-refractivity contribution in [3.8, 4) is 0 Å². The van der Waals surface area contributed by atoms with Gasteiger partial charge in [0.2, 0.25) is 0 Å². The number of benzene rings is 1. The number of esters is 1. The molecule has 0 aromatic heterocycles. The predicted molar refractivity (Wildman–Crippen MR) is 58.8 cm³/mol. The molecule has 0 radical (unpaired) electrons. The van der Waals surface area contributed by atoms with Gasteiger partial charge in [-0.05, 0) is 0 Å². The number of carbonyl (C=O) groups is 2. The number of hydrogen-bond acceptors (Lipinski definition) is 4. The Balaban J connectivity index is 3.18. The van der Waals surface area contributed by atoms with Crippen LogP contribution in [0, 0.1) is 0 Å². The van der Waals surface area contributed by atoms with Crippen molar-refractivity contribution in [1.29, 1.82) is 0 Å². The second-order valence-electron chi connectivity index (χ2n) is 2.94. The summed E-state index contributed by atoms with van der Waals surface area (Å²) in [5.74, 6) is -0.230. The van der Waals surface area contributed by atoms with E-state index in [0.29, 0.717) is 23.2 Å². The Labute approximate surface area is 93.5 Å². The molecule has 1 rings (SSSR count). The van der Waals surface area contributed by atoms with Crippen molar-refractivity contribution in [2.24, 2.45) is 0 Å². The topological polar surface area (TPSA) is 52.6 Å². The van der Waals surface area contributed by atoms with E-state index in [1.54, 1.807) is 24.3 Å². The number of rotatable bonds is 4. The molecule has 4 heteroatoms. The molecular formula is C12H12O4. The van der Waals surface area contributed by atoms with E-state index >= 15 is 0 Å². The lowest BCUT2D eigenvalue weighted by molar-refractivity contribution is -0.134. The van der Waals surface area contributed by atoms with Crippen LogP contribution in [0.15, 0.2) is 30.3 Å². The smallest absolute Gasteiger partial charge is 0.334 e. The van der Waals surface area contributed by atoms with Gasteiger partial charge in [0.05, 0.1) is 20.3 Å². The van der Waals surface area contributed by atoms with Crippen LogP contribution in [0.1, 0.15) is 15.9 Å². The van der Waals surface area contributed by atoms with Crippen LogP contribution in [0.2, 0.25) is 0 Å². The zero-order valence-corrected chi connectivity index (χ0v) is 9.10. The minimum Gasteiger partial charge on any atom is -0.496 e. The van der Waals surface area contributed by atoms with Gasteiger partial charge >= 0.3 is 5.97 Å². The van der Waals surface area contributed by atoms with Crippen LogP contribution in [0.4, 0.5) is 0 Å². The van der Waals surface area contributed by atoms with Gasteiger partial charge in [0.15, 0.2) is 6.29 Å². The minimum atomic E-state index is -0.530. The molecule has 0 N–H and O–H groups in total. The fourth-order valence-electron chi connectivity index (χ4n) is 1.24. The molecule has 0 atom stereocenters. The summed E-state index contributed by atoms with van der Waals surface area (Å²) in [6, 6.07) is 6.83. The number of aldehydes is 1. The first kappa shape index (κ1) is 12.0. The van der Waals surface area contributed by atoms with Crippen molar-refractivity contribution < 1.29 is 19.1 Å². The van der Waals surface area contributed by atoms with Gasteiger partial charge in [-0.3, -0.25) is 4.79 Å². The van der Waals surface area contributed by atoms with Gasteiger partial charge < -0.3 is 9.47 Å². The van der Waals surface area contributed by atoms with E-state index in [4.69, 9.17) is 4.74 Å². The van der Waals surface area contributed by atoms with Crippen LogP contribution < -0.4 is 0 Å². The van der Waals surface area contributed by atoms with Crippen molar-refractivity contribution in [3.05, 3.63) is 41.5 Å². The Morgan fingerprint density at radius 2 is 1.88 bits per heavy atom. The molecule has 1 aromatic carbocycles. The first-order valence-electron chi connectivity index (χ1n) is 4.61. The molecule has 16 heavy (non-hydrogen) atoms. The first-order valence-corrected chi connectivity index (χ1v) is 4.61. The Kier molecular flexibility index (Phi) is 4.27. The average molecular weight is 220 g/mol. The standard InChI is InChI=1S/C12H12O4/c1-15-11(7-12(14)16-2)10-6-4-3-5-9(10)8-13/h3-8H,1-2H3/b11-7-. The van der Waals surface area contributed by atoms with Gasteiger partial charge in [0, 0.05) is 11.1 Å². The highest BCUT2D eigenvalue weighted by Crippen LogP contribution is 2.18. The molecule has 0 aliphatic carbocycles. The summed E-state index contributed by atoms with van der Waals surface area (Å²) in [5, 5.41) is 0. The molecule has 0 aliphatic rings. The number of hydrogen-bond donors (Lipinski definition) is 0. The molecule has 0 bridgehead atoms. The molecule has 0 saturated carbocycles. The Hall–Kier alpha value is -2.10. The van der Waals surface area contributed by atoms with Gasteiger partial charge in [-0.2, -0.15) is 0 Å². The van der Waals surface area contributed by atoms with E-state index in [0.717, 1.165) is 0 Å². The van der Waals surface area contributed by atoms with Gasteiger partial charge in [-0.15, -0.1) is 0 Å². The van der Waals surface area contributed by atoms with Gasteiger partial charge in [0.1, 0.15) is 5.76 Å². The normalized spacial score (nSPS) is 10.8. The molecule has 0 amide bonds. The molecule has 4 nitrogen and oxygen atoms in total. The summed E-state index contributed by atoms with van der Waals surface area (Å²) in [4.78, 5) is 21.9. The molecule has 0 fully saturated rings. The third kappa shape index (κ3) is 2.70. The van der Waals surface area contributed by atoms with Crippen LogP contribution in [0.3, 0.4) is 0 Å². The quantitative estimate of drug-likeness (QED) is 0.335. The lowest BCUT2D eigenvalue weighted by Crippen LogP contribution is -2.00. The lowest BCUT2D eigenvalue weighted by atomic mass is 10.1. The van der Waals surface area contributed by atoms with Crippen molar-refractivity contribution in [2.75, 3.05) is 14.2 Å². The predicted octanol–water partition coefficient (Wildman–Crippen LogP) is 1.66. The second kappa shape index (κ2) is 5.70. The van der Waals surface area contributed by atoms with Gasteiger partial charge in [-0.1, -0.05) is 24.3 Å². The third-order valence-electron chi connectivity index (χ3n) is 2.02. The summed E-state index contributed by atoms with van der Waals surface area (Å²) < 4.78 is 9.55. The molecular weight excluding hydrogens is 208 g/mol. The summed E-state index contributed by atoms with van der Waals surface area (Å²) in [6.07, 6.45) is 1.90. The highest BCUT2D eigenvalue weighted by molar-refractivity contribution is 5.93. The Morgan fingerprint density at radius 1 is 1.19 bits per heavy atom. The molecule has 1 aromatic rings. The maximum absolute atomic E-state index is 11.1. The largest absolute Gasteiger partial charge is 0.496 e. The SMILES string of the molecule is COC(=O)/C=C(\OC)c1ccccc1C=O. The molecule has 0 saturated heterocycles. The Bertz CT molecular complexity index is 421. The maximum atomic E-state index is 11.1. The summed E-state index contributed by atoms with van der Waals surface area (Å²) in [6.45, 7) is 0. The third-order valence-corrected chi connectivity index (χ3v) is 2.02. The van der Waals surface area contributed by atoms with Crippen molar-refractivity contribution >= 4 is 18.0 Å². The molecule has 84 valence electrons. The van der Waals surface area contributed by atoms with Crippen LogP contribution in [-0.4, -0.2) is 26.5 Å². The summed E-state index contributed by atoms with van der Waals surface area (Å²) in [5.41, 5.74) is 1.02. The van der Waals surface area contributed by atoms with Crippen molar-refractivity contribution in [3.63, 3.8) is 0 Å². The van der Waals surface area contributed by atoms with E-state index in [1.807, 2.05) is 0 Å². The van der Waals surface area contributed by atoms with E-state index in [1.165, 1.54) is 20.3 Å². The minimum absolute atomic E-state index is 0.301. The molecule has 0 heterocycles. The average Bonchev–Trinajstić information content (AvgIpc) is 2.35. The van der Waals surface area contributed by atoms with Crippen LogP contribution in [0.25, 0.3) is 5.76 Å². The van der Waals surface area contributed by atoms with E-state index in [2.05, 4.69) is 4.74 Å². The van der Waals surface area contributed by atoms with Crippen LogP contribution in [0.5, 0.6) is 0 Å². The van der Waals surface area contributed by atoms with Gasteiger partial charge in [-0.25, -0.2) is 4.79 Å². The summed E-state index contributed by atoms with van der Waals surface area (Å²) in [7, 11) is 2.70. The number of methoxy groups -OCH3 is 2. The first-order chi connectivity index (χ1) is 7.72. The monoisotopic (exact) mass is 220 g/mol. The fraction of sp³-hybridized carbons (Fsp3) is 0.167. The van der Waals surface area contributed by atoms with E-state index < -0.39 is 5.97 Å². The highest BCUT2D eigenvalue weighted by atomic mass is 16.5.